The summed E-state index contributed by atoms with van der Waals surface area (Å²) in [6.07, 6.45) is 2.93. The van der Waals surface area contributed by atoms with Crippen LogP contribution < -0.4 is 5.73 Å². The molecular formula is C12H16FNO. The summed E-state index contributed by atoms with van der Waals surface area (Å²) in [7, 11) is 0. The molecule has 2 rings (SSSR count). The number of benzene rings is 1. The molecule has 0 unspecified atom stereocenters. The Kier molecular flexibility index (Phi) is 2.43. The molecule has 3 heteroatoms. The van der Waals surface area contributed by atoms with Crippen LogP contribution >= 0.6 is 0 Å². The fourth-order valence-electron chi connectivity index (χ4n) is 2.32. The summed E-state index contributed by atoms with van der Waals surface area (Å²) in [6.45, 7) is 2.12. The first kappa shape index (κ1) is 10.4. The van der Waals surface area contributed by atoms with E-state index in [0.717, 1.165) is 19.3 Å². The average Bonchev–Trinajstić information content (AvgIpc) is 2.12. The second-order valence-corrected chi connectivity index (χ2v) is 4.46. The second-order valence-electron chi connectivity index (χ2n) is 4.46. The lowest BCUT2D eigenvalue weighted by molar-refractivity contribution is 0.243. The maximum absolute atomic E-state index is 13.9. The zero-order valence-corrected chi connectivity index (χ0v) is 8.89. The van der Waals surface area contributed by atoms with Crippen LogP contribution in [0, 0.1) is 12.7 Å². The third kappa shape index (κ3) is 1.51. The van der Waals surface area contributed by atoms with E-state index in [9.17, 15) is 9.50 Å². The first-order valence-corrected chi connectivity index (χ1v) is 5.29. The predicted octanol–water partition coefficient (Wildman–Crippen LogP) is 2.22. The van der Waals surface area contributed by atoms with Gasteiger partial charge in [-0.1, -0.05) is 6.42 Å². The van der Waals surface area contributed by atoms with Gasteiger partial charge in [0.05, 0.1) is 0 Å². The van der Waals surface area contributed by atoms with Crippen molar-refractivity contribution >= 4 is 0 Å². The summed E-state index contributed by atoms with van der Waals surface area (Å²) in [5, 5.41) is 9.49. The maximum Gasteiger partial charge on any atom is 0.130 e. The van der Waals surface area contributed by atoms with Crippen LogP contribution in [0.3, 0.4) is 0 Å². The first-order valence-electron chi connectivity index (χ1n) is 5.29. The number of aryl methyl sites for hydroxylation is 1. The number of phenolic OH excluding ortho intramolecular Hbond substituents is 1. The second kappa shape index (κ2) is 3.49. The Balaban J connectivity index is 2.51. The van der Waals surface area contributed by atoms with Crippen LogP contribution in [-0.2, 0) is 5.41 Å². The highest BCUT2D eigenvalue weighted by Crippen LogP contribution is 2.45. The quantitative estimate of drug-likeness (QED) is 0.784. The highest BCUT2D eigenvalue weighted by Gasteiger charge is 2.39. The Hall–Kier alpha value is -1.09. The Morgan fingerprint density at radius 1 is 1.47 bits per heavy atom. The third-order valence-corrected chi connectivity index (χ3v) is 3.51. The molecule has 0 spiro atoms. The number of hydrogen-bond acceptors (Lipinski definition) is 2. The van der Waals surface area contributed by atoms with Crippen molar-refractivity contribution in [2.45, 2.75) is 31.6 Å². The number of halogens is 1. The van der Waals surface area contributed by atoms with E-state index in [-0.39, 0.29) is 17.0 Å². The molecule has 1 fully saturated rings. The molecule has 0 saturated heterocycles. The lowest BCUT2D eigenvalue weighted by Gasteiger charge is -2.41. The summed E-state index contributed by atoms with van der Waals surface area (Å²) in [4.78, 5) is 0. The van der Waals surface area contributed by atoms with E-state index < -0.39 is 0 Å². The van der Waals surface area contributed by atoms with Crippen LogP contribution in [0.1, 0.15) is 30.4 Å². The van der Waals surface area contributed by atoms with E-state index in [1.165, 1.54) is 12.1 Å². The Labute approximate surface area is 88.9 Å². The zero-order chi connectivity index (χ0) is 11.1. The summed E-state index contributed by atoms with van der Waals surface area (Å²) >= 11 is 0. The Morgan fingerprint density at radius 3 is 2.60 bits per heavy atom. The van der Waals surface area contributed by atoms with Crippen LogP contribution in [0.15, 0.2) is 12.1 Å². The van der Waals surface area contributed by atoms with E-state index in [4.69, 9.17) is 5.73 Å². The van der Waals surface area contributed by atoms with E-state index in [0.29, 0.717) is 17.7 Å². The van der Waals surface area contributed by atoms with Gasteiger partial charge in [0.1, 0.15) is 11.6 Å². The largest absolute Gasteiger partial charge is 0.508 e. The van der Waals surface area contributed by atoms with Crippen molar-refractivity contribution in [3.05, 3.63) is 29.1 Å². The lowest BCUT2D eigenvalue weighted by atomic mass is 9.64. The van der Waals surface area contributed by atoms with Gasteiger partial charge in [-0.15, -0.1) is 0 Å². The smallest absolute Gasteiger partial charge is 0.130 e. The summed E-state index contributed by atoms with van der Waals surface area (Å²) < 4.78 is 13.9. The maximum atomic E-state index is 13.9. The normalized spacial score (nSPS) is 18.6. The molecule has 0 heterocycles. The molecule has 15 heavy (non-hydrogen) atoms. The molecule has 3 N–H and O–H groups in total. The molecule has 0 atom stereocenters. The molecule has 1 saturated carbocycles. The average molecular weight is 209 g/mol. The van der Waals surface area contributed by atoms with Gasteiger partial charge in [-0.3, -0.25) is 0 Å². The number of nitrogens with two attached hydrogens (primary N) is 1. The van der Waals surface area contributed by atoms with Crippen LogP contribution in [0.2, 0.25) is 0 Å². The van der Waals surface area contributed by atoms with Gasteiger partial charge in [-0.25, -0.2) is 4.39 Å². The molecule has 2 nitrogen and oxygen atoms in total. The minimum Gasteiger partial charge on any atom is -0.508 e. The highest BCUT2D eigenvalue weighted by molar-refractivity contribution is 5.40. The van der Waals surface area contributed by atoms with Crippen molar-refractivity contribution in [3.63, 3.8) is 0 Å². The molecule has 0 radical (unpaired) electrons. The fraction of sp³-hybridized carbons (Fsp3) is 0.500. The van der Waals surface area contributed by atoms with Gasteiger partial charge in [-0.2, -0.15) is 0 Å². The molecule has 1 aliphatic carbocycles. The van der Waals surface area contributed by atoms with Gasteiger partial charge in [0, 0.05) is 12.0 Å². The number of rotatable bonds is 2. The van der Waals surface area contributed by atoms with E-state index >= 15 is 0 Å². The van der Waals surface area contributed by atoms with E-state index in [1.807, 2.05) is 0 Å². The van der Waals surface area contributed by atoms with Crippen molar-refractivity contribution < 1.29 is 9.50 Å². The molecule has 0 amide bonds. The van der Waals surface area contributed by atoms with Crippen LogP contribution in [0.5, 0.6) is 5.75 Å². The Bertz CT molecular complexity index is 380. The topological polar surface area (TPSA) is 46.2 Å². The lowest BCUT2D eigenvalue weighted by Crippen LogP contribution is -2.42. The fourth-order valence-corrected chi connectivity index (χ4v) is 2.32. The van der Waals surface area contributed by atoms with Crippen molar-refractivity contribution in [2.75, 3.05) is 6.54 Å². The van der Waals surface area contributed by atoms with Gasteiger partial charge in [0.2, 0.25) is 0 Å². The minimum absolute atomic E-state index is 0.128. The third-order valence-electron chi connectivity index (χ3n) is 3.51. The SMILES string of the molecule is Cc1cc(O)cc(C2(CN)CCC2)c1F. The number of hydrogen-bond donors (Lipinski definition) is 2. The minimum atomic E-state index is -0.229. The van der Waals surface area contributed by atoms with Gasteiger partial charge < -0.3 is 10.8 Å². The number of phenols is 1. The monoisotopic (exact) mass is 209 g/mol. The van der Waals surface area contributed by atoms with E-state index in [1.54, 1.807) is 6.92 Å². The molecule has 0 aliphatic heterocycles. The van der Waals surface area contributed by atoms with Gasteiger partial charge >= 0.3 is 0 Å². The van der Waals surface area contributed by atoms with Crippen molar-refractivity contribution in [3.8, 4) is 5.75 Å². The summed E-state index contributed by atoms with van der Waals surface area (Å²) in [5.41, 5.74) is 6.57. The Morgan fingerprint density at radius 2 is 2.13 bits per heavy atom. The molecule has 1 aromatic carbocycles. The zero-order valence-electron chi connectivity index (χ0n) is 8.89. The molecule has 0 bridgehead atoms. The molecule has 1 aliphatic rings. The summed E-state index contributed by atoms with van der Waals surface area (Å²) in [6, 6.07) is 2.97. The van der Waals surface area contributed by atoms with Gasteiger partial charge in [0.15, 0.2) is 0 Å². The van der Waals surface area contributed by atoms with Crippen molar-refractivity contribution in [2.24, 2.45) is 5.73 Å². The van der Waals surface area contributed by atoms with Crippen molar-refractivity contribution in [1.29, 1.82) is 0 Å². The van der Waals surface area contributed by atoms with Gasteiger partial charge in [0.25, 0.3) is 0 Å². The van der Waals surface area contributed by atoms with Crippen LogP contribution in [-0.4, -0.2) is 11.7 Å². The molecule has 82 valence electrons. The van der Waals surface area contributed by atoms with Gasteiger partial charge in [-0.05, 0) is 43.0 Å². The standard InChI is InChI=1S/C12H16FNO/c1-8-5-9(15)6-10(11(8)13)12(7-14)3-2-4-12/h5-6,15H,2-4,7,14H2,1H3. The van der Waals surface area contributed by atoms with Crippen LogP contribution in [0.4, 0.5) is 4.39 Å². The van der Waals surface area contributed by atoms with Crippen molar-refractivity contribution in [1.82, 2.24) is 0 Å². The predicted molar refractivity (Wildman–Crippen MR) is 57.4 cm³/mol. The first-order chi connectivity index (χ1) is 7.09. The molecule has 1 aromatic rings. The molecule has 0 aromatic heterocycles. The van der Waals surface area contributed by atoms with Crippen LogP contribution in [0.25, 0.3) is 0 Å². The molecular weight excluding hydrogens is 193 g/mol. The summed E-state index contributed by atoms with van der Waals surface area (Å²) in [5.74, 6) is -0.0819. The highest BCUT2D eigenvalue weighted by atomic mass is 19.1. The van der Waals surface area contributed by atoms with E-state index in [2.05, 4.69) is 0 Å². The number of aromatic hydroxyl groups is 1.